The van der Waals surface area contributed by atoms with Gasteiger partial charge in [0, 0.05) is 12.3 Å². The molecule has 1 unspecified atom stereocenters. The smallest absolute Gasteiger partial charge is 0.217 e. The number of fused-ring (bicyclic) bond motifs is 1. The zero-order chi connectivity index (χ0) is 11.6. The molecular weight excluding hydrogens is 221 g/mol. The number of aromatic nitrogens is 3. The Morgan fingerprint density at radius 2 is 2.06 bits per heavy atom. The average Bonchev–Trinajstić information content (AvgIpc) is 3.20. The van der Waals surface area contributed by atoms with E-state index >= 15 is 0 Å². The molecule has 90 valence electrons. The topological polar surface area (TPSA) is 47.8 Å². The summed E-state index contributed by atoms with van der Waals surface area (Å²) in [6, 6.07) is 0.147. The molecule has 5 heteroatoms. The summed E-state index contributed by atoms with van der Waals surface area (Å²) >= 11 is 0. The van der Waals surface area contributed by atoms with Crippen molar-refractivity contribution in [2.45, 2.75) is 44.3 Å². The number of ketones is 1. The molecule has 0 saturated heterocycles. The first kappa shape index (κ1) is 9.74. The summed E-state index contributed by atoms with van der Waals surface area (Å²) < 4.78 is 15.5. The van der Waals surface area contributed by atoms with Crippen molar-refractivity contribution in [1.82, 2.24) is 14.8 Å². The summed E-state index contributed by atoms with van der Waals surface area (Å²) in [7, 11) is 0. The molecule has 3 aliphatic rings. The summed E-state index contributed by atoms with van der Waals surface area (Å²) in [6.45, 7) is 0. The molecule has 2 saturated carbocycles. The number of hydrogen-bond donors (Lipinski definition) is 0. The molecule has 4 nitrogen and oxygen atoms in total. The average molecular weight is 235 g/mol. The number of carbonyl (C=O) groups excluding carboxylic acids is 1. The molecular formula is C12H14FN3O. The minimum Gasteiger partial charge on any atom is -0.290 e. The monoisotopic (exact) mass is 235 g/mol. The molecule has 1 aliphatic heterocycles. The third-order valence-electron chi connectivity index (χ3n) is 4.04. The highest BCUT2D eigenvalue weighted by Crippen LogP contribution is 2.49. The van der Waals surface area contributed by atoms with Gasteiger partial charge in [-0.15, -0.1) is 5.10 Å². The predicted octanol–water partition coefficient (Wildman–Crippen LogP) is 2.24. The highest BCUT2D eigenvalue weighted by Gasteiger charge is 2.44. The summed E-state index contributed by atoms with van der Waals surface area (Å²) in [5, 5.41) is 4.26. The van der Waals surface area contributed by atoms with Crippen LogP contribution in [0.15, 0.2) is 0 Å². The van der Waals surface area contributed by atoms with Crippen molar-refractivity contribution in [2.24, 2.45) is 11.8 Å². The van der Waals surface area contributed by atoms with Crippen LogP contribution in [0.4, 0.5) is 4.39 Å². The maximum absolute atomic E-state index is 13.8. The normalized spacial score (nSPS) is 31.6. The summed E-state index contributed by atoms with van der Waals surface area (Å²) in [6.07, 6.45) is 3.65. The third kappa shape index (κ3) is 1.44. The predicted molar refractivity (Wildman–Crippen MR) is 57.3 cm³/mol. The van der Waals surface area contributed by atoms with Gasteiger partial charge in [0.15, 0.2) is 12.0 Å². The summed E-state index contributed by atoms with van der Waals surface area (Å²) in [5.74, 6) is 1.30. The molecule has 1 aromatic rings. The molecule has 1 aromatic heterocycles. The largest absolute Gasteiger partial charge is 0.290 e. The van der Waals surface area contributed by atoms with Gasteiger partial charge in [0.25, 0.3) is 0 Å². The van der Waals surface area contributed by atoms with Crippen LogP contribution in [0.2, 0.25) is 0 Å². The van der Waals surface area contributed by atoms with E-state index in [0.29, 0.717) is 18.2 Å². The molecule has 17 heavy (non-hydrogen) atoms. The quantitative estimate of drug-likeness (QED) is 0.755. The van der Waals surface area contributed by atoms with Crippen molar-refractivity contribution >= 4 is 5.78 Å². The SMILES string of the molecule is O=C(c1nc2n(n1)C(C1CC1)C[C@@H]2F)C1CC1. The van der Waals surface area contributed by atoms with Gasteiger partial charge in [-0.25, -0.2) is 14.1 Å². The lowest BCUT2D eigenvalue weighted by atomic mass is 10.1. The number of nitrogens with zero attached hydrogens (tertiary/aromatic N) is 3. The van der Waals surface area contributed by atoms with Gasteiger partial charge in [0.05, 0.1) is 6.04 Å². The molecule has 0 radical (unpaired) electrons. The number of Topliss-reactive ketones (excluding diaryl/α,β-unsaturated/α-hetero) is 1. The molecule has 0 spiro atoms. The Hall–Kier alpha value is -1.26. The van der Waals surface area contributed by atoms with Gasteiger partial charge in [-0.05, 0) is 31.6 Å². The molecule has 2 atom stereocenters. The van der Waals surface area contributed by atoms with E-state index in [0.717, 1.165) is 25.7 Å². The second-order valence-electron chi connectivity index (χ2n) is 5.48. The Morgan fingerprint density at radius 1 is 1.29 bits per heavy atom. The fourth-order valence-electron chi connectivity index (χ4n) is 2.72. The molecule has 2 fully saturated rings. The maximum Gasteiger partial charge on any atom is 0.217 e. The Kier molecular flexibility index (Phi) is 1.80. The number of alkyl halides is 1. The highest BCUT2D eigenvalue weighted by atomic mass is 19.1. The number of rotatable bonds is 3. The van der Waals surface area contributed by atoms with E-state index in [9.17, 15) is 9.18 Å². The lowest BCUT2D eigenvalue weighted by molar-refractivity contribution is 0.0956. The third-order valence-corrected chi connectivity index (χ3v) is 4.04. The first-order valence-electron chi connectivity index (χ1n) is 6.39. The highest BCUT2D eigenvalue weighted by molar-refractivity contribution is 5.95. The Labute approximate surface area is 98.2 Å². The first-order valence-corrected chi connectivity index (χ1v) is 6.39. The van der Waals surface area contributed by atoms with Gasteiger partial charge < -0.3 is 0 Å². The first-order chi connectivity index (χ1) is 8.24. The number of carbonyl (C=O) groups is 1. The van der Waals surface area contributed by atoms with Gasteiger partial charge >= 0.3 is 0 Å². The van der Waals surface area contributed by atoms with Crippen LogP contribution in [0.3, 0.4) is 0 Å². The van der Waals surface area contributed by atoms with Crippen LogP contribution in [0.1, 0.15) is 60.8 Å². The van der Waals surface area contributed by atoms with Crippen LogP contribution < -0.4 is 0 Å². The van der Waals surface area contributed by atoms with Gasteiger partial charge in [-0.1, -0.05) is 0 Å². The van der Waals surface area contributed by atoms with Crippen LogP contribution in [0.25, 0.3) is 0 Å². The van der Waals surface area contributed by atoms with Gasteiger partial charge in [-0.3, -0.25) is 4.79 Å². The van der Waals surface area contributed by atoms with E-state index in [1.54, 1.807) is 4.68 Å². The van der Waals surface area contributed by atoms with E-state index in [-0.39, 0.29) is 23.6 Å². The lowest BCUT2D eigenvalue weighted by Crippen LogP contribution is -2.10. The number of hydrogen-bond acceptors (Lipinski definition) is 3. The minimum absolute atomic E-state index is 0.00801. The second kappa shape index (κ2) is 3.15. The lowest BCUT2D eigenvalue weighted by Gasteiger charge is -2.08. The van der Waals surface area contributed by atoms with E-state index in [1.807, 2.05) is 0 Å². The zero-order valence-corrected chi connectivity index (χ0v) is 9.47. The summed E-state index contributed by atoms with van der Waals surface area (Å²) in [4.78, 5) is 16.0. The van der Waals surface area contributed by atoms with Crippen molar-refractivity contribution in [3.05, 3.63) is 11.6 Å². The Balaban J connectivity index is 1.69. The van der Waals surface area contributed by atoms with Crippen molar-refractivity contribution in [3.63, 3.8) is 0 Å². The van der Waals surface area contributed by atoms with Crippen molar-refractivity contribution in [3.8, 4) is 0 Å². The minimum atomic E-state index is -1.03. The molecule has 2 aliphatic carbocycles. The molecule has 0 N–H and O–H groups in total. The molecule has 0 bridgehead atoms. The van der Waals surface area contributed by atoms with E-state index in [4.69, 9.17) is 0 Å². The molecule has 0 amide bonds. The number of halogens is 1. The maximum atomic E-state index is 13.8. The second-order valence-corrected chi connectivity index (χ2v) is 5.48. The fraction of sp³-hybridized carbons (Fsp3) is 0.750. The van der Waals surface area contributed by atoms with Gasteiger partial charge in [-0.2, -0.15) is 0 Å². The van der Waals surface area contributed by atoms with Crippen LogP contribution in [0, 0.1) is 11.8 Å². The Morgan fingerprint density at radius 3 is 2.71 bits per heavy atom. The standard InChI is InChI=1S/C12H14FN3O/c13-8-5-9(6-1-2-6)16-12(8)14-11(15-16)10(17)7-3-4-7/h6-9H,1-5H2/t8-,9?/m0/s1. The zero-order valence-electron chi connectivity index (χ0n) is 9.47. The van der Waals surface area contributed by atoms with Crippen molar-refractivity contribution in [1.29, 1.82) is 0 Å². The molecule has 2 heterocycles. The van der Waals surface area contributed by atoms with Gasteiger partial charge in [0.1, 0.15) is 0 Å². The van der Waals surface area contributed by atoms with Crippen LogP contribution >= 0.6 is 0 Å². The van der Waals surface area contributed by atoms with Crippen LogP contribution in [-0.4, -0.2) is 20.5 Å². The van der Waals surface area contributed by atoms with Crippen LogP contribution in [0.5, 0.6) is 0 Å². The van der Waals surface area contributed by atoms with E-state index in [1.165, 1.54) is 0 Å². The molecule has 4 rings (SSSR count). The Bertz CT molecular complexity index is 490. The summed E-state index contributed by atoms with van der Waals surface area (Å²) in [5.41, 5.74) is 0. The van der Waals surface area contributed by atoms with E-state index in [2.05, 4.69) is 10.1 Å². The van der Waals surface area contributed by atoms with Crippen molar-refractivity contribution < 1.29 is 9.18 Å². The van der Waals surface area contributed by atoms with Crippen molar-refractivity contribution in [2.75, 3.05) is 0 Å². The van der Waals surface area contributed by atoms with Gasteiger partial charge in [0.2, 0.25) is 11.6 Å². The van der Waals surface area contributed by atoms with E-state index < -0.39 is 6.17 Å². The molecule has 0 aromatic carbocycles. The van der Waals surface area contributed by atoms with Crippen LogP contribution in [-0.2, 0) is 0 Å². The fourth-order valence-corrected chi connectivity index (χ4v) is 2.72.